The summed E-state index contributed by atoms with van der Waals surface area (Å²) in [6.45, 7) is 0. The van der Waals surface area contributed by atoms with Crippen molar-refractivity contribution >= 4 is 6.29 Å². The van der Waals surface area contributed by atoms with Crippen LogP contribution in [-0.2, 0) is 4.79 Å². The molecule has 0 spiro atoms. The van der Waals surface area contributed by atoms with Gasteiger partial charge in [0, 0.05) is 5.92 Å². The van der Waals surface area contributed by atoms with Crippen molar-refractivity contribution in [1.29, 1.82) is 0 Å². The average Bonchev–Trinajstić information content (AvgIpc) is 2.93. The van der Waals surface area contributed by atoms with Crippen molar-refractivity contribution in [3.63, 3.8) is 0 Å². The molecule has 2 heteroatoms. The van der Waals surface area contributed by atoms with Gasteiger partial charge in [-0.15, -0.1) is 0 Å². The Morgan fingerprint density at radius 2 is 1.92 bits per heavy atom. The molecule has 1 aromatic carbocycles. The van der Waals surface area contributed by atoms with Gasteiger partial charge in [0.1, 0.15) is 12.1 Å². The number of benzene rings is 1. The van der Waals surface area contributed by atoms with Gasteiger partial charge in [-0.1, -0.05) is 12.1 Å². The minimum Gasteiger partial charge on any atom is -0.303 e. The van der Waals surface area contributed by atoms with E-state index in [-0.39, 0.29) is 11.7 Å². The van der Waals surface area contributed by atoms with Crippen LogP contribution in [0, 0.1) is 11.7 Å². The van der Waals surface area contributed by atoms with Gasteiger partial charge in [0.05, 0.1) is 0 Å². The Morgan fingerprint density at radius 1 is 1.31 bits per heavy atom. The Labute approximate surface area is 76.6 Å². The molecule has 13 heavy (non-hydrogen) atoms. The highest BCUT2D eigenvalue weighted by Gasteiger charge is 2.31. The maximum absolute atomic E-state index is 12.6. The zero-order valence-electron chi connectivity index (χ0n) is 7.24. The van der Waals surface area contributed by atoms with E-state index in [1.807, 2.05) is 0 Å². The van der Waals surface area contributed by atoms with Crippen LogP contribution in [0.1, 0.15) is 24.3 Å². The largest absolute Gasteiger partial charge is 0.303 e. The first-order valence-corrected chi connectivity index (χ1v) is 4.52. The summed E-state index contributed by atoms with van der Waals surface area (Å²) < 4.78 is 12.6. The van der Waals surface area contributed by atoms with Crippen LogP contribution in [0.15, 0.2) is 24.3 Å². The molecule has 1 aliphatic carbocycles. The van der Waals surface area contributed by atoms with Crippen LogP contribution in [0.25, 0.3) is 0 Å². The van der Waals surface area contributed by atoms with Gasteiger partial charge in [0.15, 0.2) is 0 Å². The normalized spacial score (nSPS) is 18.2. The van der Waals surface area contributed by atoms with E-state index in [4.69, 9.17) is 0 Å². The zero-order valence-corrected chi connectivity index (χ0v) is 7.24. The highest BCUT2D eigenvalue weighted by molar-refractivity contribution is 5.63. The van der Waals surface area contributed by atoms with Gasteiger partial charge >= 0.3 is 0 Å². The second-order valence-corrected chi connectivity index (χ2v) is 3.55. The van der Waals surface area contributed by atoms with Gasteiger partial charge in [0.25, 0.3) is 0 Å². The number of carbonyl (C=O) groups is 1. The van der Waals surface area contributed by atoms with Crippen LogP contribution in [0.5, 0.6) is 0 Å². The number of aldehydes is 1. The first-order valence-electron chi connectivity index (χ1n) is 4.52. The zero-order chi connectivity index (χ0) is 9.26. The van der Waals surface area contributed by atoms with E-state index in [0.29, 0.717) is 5.92 Å². The molecule has 1 nitrogen and oxygen atoms in total. The molecule has 0 heterocycles. The van der Waals surface area contributed by atoms with Gasteiger partial charge < -0.3 is 4.79 Å². The third-order valence-electron chi connectivity index (χ3n) is 2.53. The Hall–Kier alpha value is -1.18. The summed E-state index contributed by atoms with van der Waals surface area (Å²) in [7, 11) is 0. The summed E-state index contributed by atoms with van der Waals surface area (Å²) >= 11 is 0. The molecular formula is C11H11FO. The van der Waals surface area contributed by atoms with Crippen molar-refractivity contribution in [2.24, 2.45) is 5.92 Å². The van der Waals surface area contributed by atoms with E-state index in [9.17, 15) is 9.18 Å². The third kappa shape index (κ3) is 1.77. The molecule has 1 fully saturated rings. The van der Waals surface area contributed by atoms with E-state index in [2.05, 4.69) is 0 Å². The van der Waals surface area contributed by atoms with Crippen molar-refractivity contribution in [2.45, 2.75) is 18.8 Å². The van der Waals surface area contributed by atoms with Gasteiger partial charge in [0.2, 0.25) is 0 Å². The number of hydrogen-bond acceptors (Lipinski definition) is 1. The molecule has 2 rings (SSSR count). The van der Waals surface area contributed by atoms with Gasteiger partial charge in [-0.3, -0.25) is 0 Å². The van der Waals surface area contributed by atoms with Crippen molar-refractivity contribution in [3.05, 3.63) is 35.6 Å². The maximum Gasteiger partial charge on any atom is 0.127 e. The molecule has 0 bridgehead atoms. The molecule has 0 aromatic heterocycles. The number of hydrogen-bond donors (Lipinski definition) is 0. The molecule has 0 N–H and O–H groups in total. The van der Waals surface area contributed by atoms with Crippen LogP contribution in [-0.4, -0.2) is 6.29 Å². The second kappa shape index (κ2) is 3.29. The van der Waals surface area contributed by atoms with E-state index >= 15 is 0 Å². The summed E-state index contributed by atoms with van der Waals surface area (Å²) in [5.41, 5.74) is 0.943. The monoisotopic (exact) mass is 178 g/mol. The average molecular weight is 178 g/mol. The Balaban J connectivity index is 2.21. The molecule has 0 unspecified atom stereocenters. The third-order valence-corrected chi connectivity index (χ3v) is 2.53. The van der Waals surface area contributed by atoms with Crippen LogP contribution >= 0.6 is 0 Å². The lowest BCUT2D eigenvalue weighted by Crippen LogP contribution is -2.02. The predicted molar refractivity (Wildman–Crippen MR) is 47.9 cm³/mol. The number of halogens is 1. The quantitative estimate of drug-likeness (QED) is 0.650. The lowest BCUT2D eigenvalue weighted by molar-refractivity contribution is -0.109. The summed E-state index contributed by atoms with van der Waals surface area (Å²) in [5, 5.41) is 0. The van der Waals surface area contributed by atoms with Crippen molar-refractivity contribution in [2.75, 3.05) is 0 Å². The van der Waals surface area contributed by atoms with E-state index in [0.717, 1.165) is 24.7 Å². The SMILES string of the molecule is O=C[C@H](c1ccc(F)cc1)C1CC1. The molecule has 0 radical (unpaired) electrons. The maximum atomic E-state index is 12.6. The lowest BCUT2D eigenvalue weighted by Gasteiger charge is -2.07. The number of rotatable bonds is 3. The van der Waals surface area contributed by atoms with E-state index in [1.54, 1.807) is 12.1 Å². The Kier molecular flexibility index (Phi) is 2.13. The molecule has 0 aliphatic heterocycles. The summed E-state index contributed by atoms with van der Waals surface area (Å²) in [4.78, 5) is 10.8. The minimum absolute atomic E-state index is 0.0133. The fraction of sp³-hybridized carbons (Fsp3) is 0.364. The summed E-state index contributed by atoms with van der Waals surface area (Å²) in [6, 6.07) is 6.22. The minimum atomic E-state index is -0.246. The predicted octanol–water partition coefficient (Wildman–Crippen LogP) is 2.52. The van der Waals surface area contributed by atoms with Crippen molar-refractivity contribution in [1.82, 2.24) is 0 Å². The molecule has 1 aliphatic rings. The first-order chi connectivity index (χ1) is 6.31. The lowest BCUT2D eigenvalue weighted by atomic mass is 9.96. The fourth-order valence-electron chi connectivity index (χ4n) is 1.60. The Morgan fingerprint density at radius 3 is 2.38 bits per heavy atom. The molecule has 1 aromatic rings. The standard InChI is InChI=1S/C11H11FO/c12-10-5-3-9(4-6-10)11(7-13)8-1-2-8/h3-8,11H,1-2H2/t11-/m0/s1. The molecule has 1 saturated carbocycles. The summed E-state index contributed by atoms with van der Waals surface area (Å²) in [6.07, 6.45) is 3.23. The topological polar surface area (TPSA) is 17.1 Å². The van der Waals surface area contributed by atoms with Crippen LogP contribution in [0.3, 0.4) is 0 Å². The molecule has 0 saturated heterocycles. The highest BCUT2D eigenvalue weighted by atomic mass is 19.1. The Bertz CT molecular complexity index is 300. The van der Waals surface area contributed by atoms with Crippen molar-refractivity contribution < 1.29 is 9.18 Å². The van der Waals surface area contributed by atoms with Crippen LogP contribution in [0.2, 0.25) is 0 Å². The second-order valence-electron chi connectivity index (χ2n) is 3.55. The molecule has 1 atom stereocenters. The highest BCUT2D eigenvalue weighted by Crippen LogP contribution is 2.41. The van der Waals surface area contributed by atoms with Gasteiger partial charge in [-0.25, -0.2) is 4.39 Å². The molecule has 0 amide bonds. The van der Waals surface area contributed by atoms with Crippen LogP contribution < -0.4 is 0 Å². The summed E-state index contributed by atoms with van der Waals surface area (Å²) in [5.74, 6) is 0.243. The molecular weight excluding hydrogens is 167 g/mol. The van der Waals surface area contributed by atoms with E-state index < -0.39 is 0 Å². The van der Waals surface area contributed by atoms with Gasteiger partial charge in [-0.2, -0.15) is 0 Å². The smallest absolute Gasteiger partial charge is 0.127 e. The van der Waals surface area contributed by atoms with Crippen molar-refractivity contribution in [3.8, 4) is 0 Å². The van der Waals surface area contributed by atoms with E-state index in [1.165, 1.54) is 12.1 Å². The first kappa shape index (κ1) is 8.42. The van der Waals surface area contributed by atoms with Gasteiger partial charge in [-0.05, 0) is 36.5 Å². The number of carbonyl (C=O) groups excluding carboxylic acids is 1. The molecule has 68 valence electrons. The fourth-order valence-corrected chi connectivity index (χ4v) is 1.60. The van der Waals surface area contributed by atoms with Crippen LogP contribution in [0.4, 0.5) is 4.39 Å².